The van der Waals surface area contributed by atoms with Crippen LogP contribution in [0.25, 0.3) is 6.08 Å². The van der Waals surface area contributed by atoms with Gasteiger partial charge in [-0.25, -0.2) is 0 Å². The number of thiocarbonyl (C=S) groups is 1. The molecule has 0 aliphatic carbocycles. The summed E-state index contributed by atoms with van der Waals surface area (Å²) in [5, 5.41) is 2.91. The number of esters is 1. The highest BCUT2D eigenvalue weighted by Gasteiger charge is 2.32. The molecule has 0 unspecified atom stereocenters. The Morgan fingerprint density at radius 3 is 2.89 bits per heavy atom. The lowest BCUT2D eigenvalue weighted by Gasteiger charge is -2.11. The van der Waals surface area contributed by atoms with Crippen molar-refractivity contribution in [2.75, 3.05) is 13.7 Å². The second-order valence-electron chi connectivity index (χ2n) is 3.90. The molecule has 0 aromatic carbocycles. The van der Waals surface area contributed by atoms with Crippen LogP contribution in [0.3, 0.4) is 0 Å². The molecule has 0 spiro atoms. The molecular formula is C12H12N2O4S. The average Bonchev–Trinajstić information content (AvgIpc) is 2.88. The molecule has 2 rings (SSSR count). The van der Waals surface area contributed by atoms with Crippen LogP contribution in [0.5, 0.6) is 0 Å². The Hall–Kier alpha value is -2.15. The number of nitrogens with zero attached hydrogens (tertiary/aromatic N) is 1. The number of ether oxygens (including phenoxy) is 1. The molecule has 1 amide bonds. The monoisotopic (exact) mass is 280 g/mol. The largest absolute Gasteiger partial charge is 0.468 e. The predicted octanol–water partition coefficient (Wildman–Crippen LogP) is 0.819. The van der Waals surface area contributed by atoms with Crippen LogP contribution in [0.4, 0.5) is 0 Å². The first-order valence-electron chi connectivity index (χ1n) is 5.49. The van der Waals surface area contributed by atoms with Crippen molar-refractivity contribution in [3.8, 4) is 0 Å². The van der Waals surface area contributed by atoms with Gasteiger partial charge in [-0.1, -0.05) is 0 Å². The van der Waals surface area contributed by atoms with Crippen molar-refractivity contribution in [3.63, 3.8) is 0 Å². The van der Waals surface area contributed by atoms with Crippen LogP contribution in [0, 0.1) is 6.92 Å². The van der Waals surface area contributed by atoms with E-state index in [1.165, 1.54) is 7.11 Å². The molecule has 1 saturated heterocycles. The Morgan fingerprint density at radius 1 is 1.58 bits per heavy atom. The van der Waals surface area contributed by atoms with E-state index in [-0.39, 0.29) is 23.3 Å². The third kappa shape index (κ3) is 2.82. The van der Waals surface area contributed by atoms with Crippen LogP contribution in [0.15, 0.2) is 22.2 Å². The molecular weight excluding hydrogens is 268 g/mol. The SMILES string of the molecule is COC(=O)CN1C(=O)/C(=C/c2ccc(C)o2)NC1=S. The molecule has 100 valence electrons. The summed E-state index contributed by atoms with van der Waals surface area (Å²) in [7, 11) is 1.25. The van der Waals surface area contributed by atoms with Gasteiger partial charge in [-0.3, -0.25) is 14.5 Å². The van der Waals surface area contributed by atoms with Crippen LogP contribution >= 0.6 is 12.2 Å². The fraction of sp³-hybridized carbons (Fsp3) is 0.250. The van der Waals surface area contributed by atoms with E-state index in [0.717, 1.165) is 10.7 Å². The molecule has 2 heterocycles. The number of methoxy groups -OCH3 is 1. The topological polar surface area (TPSA) is 71.8 Å². The molecule has 0 bridgehead atoms. The molecule has 1 aromatic heterocycles. The van der Waals surface area contributed by atoms with Crippen molar-refractivity contribution in [2.45, 2.75) is 6.92 Å². The number of furan rings is 1. The summed E-state index contributed by atoms with van der Waals surface area (Å²) in [5.74, 6) is 0.361. The summed E-state index contributed by atoms with van der Waals surface area (Å²) in [6, 6.07) is 3.53. The quantitative estimate of drug-likeness (QED) is 0.502. The van der Waals surface area contributed by atoms with Crippen molar-refractivity contribution >= 4 is 35.3 Å². The molecule has 1 fully saturated rings. The van der Waals surface area contributed by atoms with Gasteiger partial charge < -0.3 is 14.5 Å². The minimum Gasteiger partial charge on any atom is -0.468 e. The first kappa shape index (κ1) is 13.3. The van der Waals surface area contributed by atoms with Crippen molar-refractivity contribution in [1.29, 1.82) is 0 Å². The number of hydrogen-bond donors (Lipinski definition) is 1. The van der Waals surface area contributed by atoms with Gasteiger partial charge >= 0.3 is 5.97 Å². The fourth-order valence-electron chi connectivity index (χ4n) is 1.58. The minimum absolute atomic E-state index is 0.171. The van der Waals surface area contributed by atoms with Crippen molar-refractivity contribution < 1.29 is 18.7 Å². The highest BCUT2D eigenvalue weighted by Crippen LogP contribution is 2.15. The van der Waals surface area contributed by atoms with E-state index in [4.69, 9.17) is 16.6 Å². The molecule has 1 N–H and O–H groups in total. The van der Waals surface area contributed by atoms with E-state index in [2.05, 4.69) is 10.1 Å². The van der Waals surface area contributed by atoms with Gasteiger partial charge in [0.15, 0.2) is 5.11 Å². The summed E-state index contributed by atoms with van der Waals surface area (Å²) in [6.45, 7) is 1.59. The highest BCUT2D eigenvalue weighted by atomic mass is 32.1. The molecule has 0 saturated carbocycles. The minimum atomic E-state index is -0.535. The van der Waals surface area contributed by atoms with Gasteiger partial charge in [0, 0.05) is 6.08 Å². The zero-order chi connectivity index (χ0) is 14.0. The Balaban J connectivity index is 2.18. The van der Waals surface area contributed by atoms with E-state index in [1.807, 2.05) is 0 Å². The van der Waals surface area contributed by atoms with Crippen LogP contribution in [0.1, 0.15) is 11.5 Å². The Bertz CT molecular complexity index is 576. The third-order valence-corrected chi connectivity index (χ3v) is 2.85. The van der Waals surface area contributed by atoms with Gasteiger partial charge in [-0.05, 0) is 31.3 Å². The summed E-state index contributed by atoms with van der Waals surface area (Å²) in [5.41, 5.74) is 0.267. The van der Waals surface area contributed by atoms with Crippen molar-refractivity contribution in [1.82, 2.24) is 10.2 Å². The molecule has 0 atom stereocenters. The normalized spacial score (nSPS) is 16.9. The first-order chi connectivity index (χ1) is 9.01. The van der Waals surface area contributed by atoms with Gasteiger partial charge in [-0.15, -0.1) is 0 Å². The molecule has 1 aliphatic heterocycles. The molecule has 19 heavy (non-hydrogen) atoms. The Kier molecular flexibility index (Phi) is 3.66. The lowest BCUT2D eigenvalue weighted by molar-refractivity contribution is -0.143. The zero-order valence-corrected chi connectivity index (χ0v) is 11.2. The summed E-state index contributed by atoms with van der Waals surface area (Å²) in [6.07, 6.45) is 1.54. The second-order valence-corrected chi connectivity index (χ2v) is 4.29. The summed E-state index contributed by atoms with van der Waals surface area (Å²) >= 11 is 5.00. The molecule has 6 nitrogen and oxygen atoms in total. The first-order valence-corrected chi connectivity index (χ1v) is 5.90. The van der Waals surface area contributed by atoms with Gasteiger partial charge in [0.05, 0.1) is 7.11 Å². The Labute approximate surface area is 115 Å². The van der Waals surface area contributed by atoms with Crippen LogP contribution in [-0.4, -0.2) is 35.5 Å². The van der Waals surface area contributed by atoms with Gasteiger partial charge in [-0.2, -0.15) is 0 Å². The number of rotatable bonds is 3. The van der Waals surface area contributed by atoms with Gasteiger partial charge in [0.2, 0.25) is 0 Å². The van der Waals surface area contributed by atoms with E-state index < -0.39 is 5.97 Å². The number of carbonyl (C=O) groups excluding carboxylic acids is 2. The number of amides is 1. The standard InChI is InChI=1S/C12H12N2O4S/c1-7-3-4-8(18-7)5-9-11(16)14(12(19)13-9)6-10(15)17-2/h3-5H,6H2,1-2H3,(H,13,19)/b9-5-. The van der Waals surface area contributed by atoms with Crippen molar-refractivity contribution in [3.05, 3.63) is 29.4 Å². The zero-order valence-electron chi connectivity index (χ0n) is 10.4. The van der Waals surface area contributed by atoms with Gasteiger partial charge in [0.1, 0.15) is 23.8 Å². The van der Waals surface area contributed by atoms with Crippen LogP contribution < -0.4 is 5.32 Å². The van der Waals surface area contributed by atoms with Crippen molar-refractivity contribution in [2.24, 2.45) is 0 Å². The van der Waals surface area contributed by atoms with Crippen LogP contribution in [0.2, 0.25) is 0 Å². The smallest absolute Gasteiger partial charge is 0.325 e. The van der Waals surface area contributed by atoms with E-state index in [9.17, 15) is 9.59 Å². The summed E-state index contributed by atoms with van der Waals surface area (Å²) < 4.78 is 9.85. The van der Waals surface area contributed by atoms with Crippen LogP contribution in [-0.2, 0) is 14.3 Å². The average molecular weight is 280 g/mol. The van der Waals surface area contributed by atoms with Gasteiger partial charge in [0.25, 0.3) is 5.91 Å². The fourth-order valence-corrected chi connectivity index (χ4v) is 1.84. The molecule has 1 aromatic rings. The highest BCUT2D eigenvalue weighted by molar-refractivity contribution is 7.80. The lowest BCUT2D eigenvalue weighted by Crippen LogP contribution is -2.35. The molecule has 1 aliphatic rings. The van der Waals surface area contributed by atoms with E-state index in [0.29, 0.717) is 5.76 Å². The predicted molar refractivity (Wildman–Crippen MR) is 70.9 cm³/mol. The number of hydrogen-bond acceptors (Lipinski definition) is 5. The second kappa shape index (κ2) is 5.23. The molecule has 0 radical (unpaired) electrons. The summed E-state index contributed by atoms with van der Waals surface area (Å²) in [4.78, 5) is 24.4. The number of aryl methyl sites for hydroxylation is 1. The third-order valence-electron chi connectivity index (χ3n) is 2.52. The van der Waals surface area contributed by atoms with E-state index >= 15 is 0 Å². The van der Waals surface area contributed by atoms with E-state index in [1.54, 1.807) is 25.1 Å². The Morgan fingerprint density at radius 2 is 2.32 bits per heavy atom. The number of nitrogens with one attached hydrogen (secondary N) is 1. The maximum absolute atomic E-state index is 12.0. The molecule has 7 heteroatoms. The maximum atomic E-state index is 12.0. The maximum Gasteiger partial charge on any atom is 0.325 e. The number of carbonyl (C=O) groups is 2. The lowest BCUT2D eigenvalue weighted by atomic mass is 10.3.